The molecular weight excluding hydrogens is 309 g/mol. The molecule has 0 saturated carbocycles. The van der Waals surface area contributed by atoms with E-state index in [1.807, 2.05) is 6.92 Å². The van der Waals surface area contributed by atoms with Gasteiger partial charge in [0.05, 0.1) is 6.20 Å². The Bertz CT molecular complexity index is 685. The zero-order valence-corrected chi connectivity index (χ0v) is 13.7. The number of carbonyl (C=O) groups is 1. The number of anilines is 1. The SMILES string of the molecule is Cc1[nH]ncc1CNC(=O)NCC1CCN(c2ccc(F)cc2)C1. The van der Waals surface area contributed by atoms with Crippen LogP contribution < -0.4 is 15.5 Å². The van der Waals surface area contributed by atoms with Crippen molar-refractivity contribution < 1.29 is 9.18 Å². The summed E-state index contributed by atoms with van der Waals surface area (Å²) in [6, 6.07) is 6.38. The molecule has 1 aliphatic rings. The topological polar surface area (TPSA) is 73.0 Å². The van der Waals surface area contributed by atoms with E-state index >= 15 is 0 Å². The molecule has 1 unspecified atom stereocenters. The van der Waals surface area contributed by atoms with Crippen LogP contribution >= 0.6 is 0 Å². The van der Waals surface area contributed by atoms with Crippen molar-refractivity contribution in [2.75, 3.05) is 24.5 Å². The molecule has 3 N–H and O–H groups in total. The maximum absolute atomic E-state index is 13.0. The fourth-order valence-electron chi connectivity index (χ4n) is 2.91. The Balaban J connectivity index is 1.40. The van der Waals surface area contributed by atoms with E-state index in [1.54, 1.807) is 18.3 Å². The molecule has 1 fully saturated rings. The van der Waals surface area contributed by atoms with E-state index in [0.717, 1.165) is 36.5 Å². The van der Waals surface area contributed by atoms with Crippen LogP contribution in [0.25, 0.3) is 0 Å². The molecule has 2 heterocycles. The molecule has 2 amide bonds. The second kappa shape index (κ2) is 7.33. The predicted octanol–water partition coefficient (Wildman–Crippen LogP) is 2.18. The zero-order chi connectivity index (χ0) is 16.9. The third kappa shape index (κ3) is 4.04. The van der Waals surface area contributed by atoms with Crippen LogP contribution in [-0.2, 0) is 6.54 Å². The molecule has 1 aromatic heterocycles. The third-order valence-corrected chi connectivity index (χ3v) is 4.40. The summed E-state index contributed by atoms with van der Waals surface area (Å²) in [4.78, 5) is 14.1. The number of nitrogens with zero attached hydrogens (tertiary/aromatic N) is 2. The Hall–Kier alpha value is -2.57. The lowest BCUT2D eigenvalue weighted by molar-refractivity contribution is 0.239. The smallest absolute Gasteiger partial charge is 0.315 e. The lowest BCUT2D eigenvalue weighted by Gasteiger charge is -2.19. The number of benzene rings is 1. The van der Waals surface area contributed by atoms with Gasteiger partial charge in [0.15, 0.2) is 0 Å². The number of hydrogen-bond acceptors (Lipinski definition) is 3. The van der Waals surface area contributed by atoms with Crippen molar-refractivity contribution in [1.29, 1.82) is 0 Å². The van der Waals surface area contributed by atoms with Crippen LogP contribution in [0.2, 0.25) is 0 Å². The van der Waals surface area contributed by atoms with Gasteiger partial charge in [-0.2, -0.15) is 5.10 Å². The van der Waals surface area contributed by atoms with Gasteiger partial charge in [0.25, 0.3) is 0 Å². The standard InChI is InChI=1S/C17H22FN5O/c1-12-14(10-21-22-12)9-20-17(24)19-8-13-6-7-23(11-13)16-4-2-15(18)3-5-16/h2-5,10,13H,6-9,11H2,1H3,(H,21,22)(H2,19,20,24). The van der Waals surface area contributed by atoms with Gasteiger partial charge >= 0.3 is 6.03 Å². The minimum Gasteiger partial charge on any atom is -0.371 e. The number of aryl methyl sites for hydroxylation is 1. The summed E-state index contributed by atoms with van der Waals surface area (Å²) in [7, 11) is 0. The van der Waals surface area contributed by atoms with Gasteiger partial charge in [-0.15, -0.1) is 0 Å². The molecule has 0 aliphatic carbocycles. The van der Waals surface area contributed by atoms with E-state index in [-0.39, 0.29) is 11.8 Å². The van der Waals surface area contributed by atoms with Gasteiger partial charge in [0.2, 0.25) is 0 Å². The van der Waals surface area contributed by atoms with Crippen LogP contribution in [0.4, 0.5) is 14.9 Å². The van der Waals surface area contributed by atoms with E-state index in [0.29, 0.717) is 19.0 Å². The maximum Gasteiger partial charge on any atom is 0.315 e. The number of aromatic amines is 1. The summed E-state index contributed by atoms with van der Waals surface area (Å²) in [6.45, 7) is 4.81. The number of carbonyl (C=O) groups excluding carboxylic acids is 1. The van der Waals surface area contributed by atoms with Crippen molar-refractivity contribution in [3.8, 4) is 0 Å². The number of nitrogens with one attached hydrogen (secondary N) is 3. The zero-order valence-electron chi connectivity index (χ0n) is 13.7. The monoisotopic (exact) mass is 331 g/mol. The Morgan fingerprint density at radius 2 is 2.17 bits per heavy atom. The van der Waals surface area contributed by atoms with Crippen molar-refractivity contribution in [3.63, 3.8) is 0 Å². The predicted molar refractivity (Wildman–Crippen MR) is 90.3 cm³/mol. The lowest BCUT2D eigenvalue weighted by Crippen LogP contribution is -2.38. The molecular formula is C17H22FN5O. The van der Waals surface area contributed by atoms with Gasteiger partial charge in [-0.05, 0) is 43.5 Å². The first-order chi connectivity index (χ1) is 11.6. The number of H-pyrrole nitrogens is 1. The molecule has 3 rings (SSSR count). The minimum atomic E-state index is -0.222. The highest BCUT2D eigenvalue weighted by Crippen LogP contribution is 2.23. The largest absolute Gasteiger partial charge is 0.371 e. The molecule has 1 saturated heterocycles. The highest BCUT2D eigenvalue weighted by Gasteiger charge is 2.23. The molecule has 6 nitrogen and oxygen atoms in total. The molecule has 7 heteroatoms. The number of rotatable bonds is 5. The summed E-state index contributed by atoms with van der Waals surface area (Å²) in [5.74, 6) is 0.178. The van der Waals surface area contributed by atoms with Gasteiger partial charge in [-0.1, -0.05) is 0 Å². The average Bonchev–Trinajstić information content (AvgIpc) is 3.21. The molecule has 0 spiro atoms. The summed E-state index contributed by atoms with van der Waals surface area (Å²) < 4.78 is 13.0. The number of hydrogen-bond donors (Lipinski definition) is 3. The van der Waals surface area contributed by atoms with E-state index in [1.165, 1.54) is 12.1 Å². The molecule has 0 radical (unpaired) electrons. The summed E-state index contributed by atoms with van der Waals surface area (Å²) in [6.07, 6.45) is 2.73. The molecule has 1 atom stereocenters. The molecule has 1 aliphatic heterocycles. The van der Waals surface area contributed by atoms with Crippen molar-refractivity contribution in [2.24, 2.45) is 5.92 Å². The highest BCUT2D eigenvalue weighted by molar-refractivity contribution is 5.73. The van der Waals surface area contributed by atoms with E-state index in [2.05, 4.69) is 25.7 Å². The minimum absolute atomic E-state index is 0.171. The van der Waals surface area contributed by atoms with Gasteiger partial charge in [0, 0.05) is 43.1 Å². The van der Waals surface area contributed by atoms with Gasteiger partial charge in [-0.3, -0.25) is 5.10 Å². The van der Waals surface area contributed by atoms with Gasteiger partial charge < -0.3 is 15.5 Å². The fraction of sp³-hybridized carbons (Fsp3) is 0.412. The molecule has 0 bridgehead atoms. The number of halogens is 1. The van der Waals surface area contributed by atoms with E-state index in [4.69, 9.17) is 0 Å². The van der Waals surface area contributed by atoms with Crippen molar-refractivity contribution in [1.82, 2.24) is 20.8 Å². The Kier molecular flexibility index (Phi) is 4.98. The van der Waals surface area contributed by atoms with Crippen LogP contribution in [0.15, 0.2) is 30.5 Å². The molecule has 2 aromatic rings. The normalized spacial score (nSPS) is 17.1. The average molecular weight is 331 g/mol. The first-order valence-corrected chi connectivity index (χ1v) is 8.13. The lowest BCUT2D eigenvalue weighted by atomic mass is 10.1. The fourth-order valence-corrected chi connectivity index (χ4v) is 2.91. The van der Waals surface area contributed by atoms with E-state index < -0.39 is 0 Å². The molecule has 24 heavy (non-hydrogen) atoms. The Morgan fingerprint density at radius 1 is 1.38 bits per heavy atom. The van der Waals surface area contributed by atoms with Crippen LogP contribution in [0.1, 0.15) is 17.7 Å². The summed E-state index contributed by atoms with van der Waals surface area (Å²) in [5.41, 5.74) is 2.97. The molecule has 128 valence electrons. The number of aromatic nitrogens is 2. The highest BCUT2D eigenvalue weighted by atomic mass is 19.1. The van der Waals surface area contributed by atoms with Crippen molar-refractivity contribution in [2.45, 2.75) is 19.9 Å². The van der Waals surface area contributed by atoms with Crippen LogP contribution in [-0.4, -0.2) is 35.9 Å². The van der Waals surface area contributed by atoms with Crippen LogP contribution in [0, 0.1) is 18.7 Å². The second-order valence-corrected chi connectivity index (χ2v) is 6.16. The van der Waals surface area contributed by atoms with Gasteiger partial charge in [-0.25, -0.2) is 9.18 Å². The quantitative estimate of drug-likeness (QED) is 0.786. The Morgan fingerprint density at radius 3 is 2.88 bits per heavy atom. The van der Waals surface area contributed by atoms with Crippen molar-refractivity contribution in [3.05, 3.63) is 47.5 Å². The Labute approximate surface area is 140 Å². The van der Waals surface area contributed by atoms with Gasteiger partial charge in [0.1, 0.15) is 5.82 Å². The maximum atomic E-state index is 13.0. The molecule has 1 aromatic carbocycles. The van der Waals surface area contributed by atoms with Crippen molar-refractivity contribution >= 4 is 11.7 Å². The van der Waals surface area contributed by atoms with Crippen LogP contribution in [0.5, 0.6) is 0 Å². The number of amides is 2. The first kappa shape index (κ1) is 16.3. The second-order valence-electron chi connectivity index (χ2n) is 6.16. The first-order valence-electron chi connectivity index (χ1n) is 8.13. The summed E-state index contributed by atoms with van der Waals surface area (Å²) >= 11 is 0. The third-order valence-electron chi connectivity index (χ3n) is 4.40. The summed E-state index contributed by atoms with van der Waals surface area (Å²) in [5, 5.41) is 12.5. The number of urea groups is 1. The van der Waals surface area contributed by atoms with Crippen LogP contribution in [0.3, 0.4) is 0 Å². The van der Waals surface area contributed by atoms with E-state index in [9.17, 15) is 9.18 Å².